The summed E-state index contributed by atoms with van der Waals surface area (Å²) < 4.78 is 45.0. The molecule has 0 aliphatic carbocycles. The molecule has 0 saturated heterocycles. The number of rotatable bonds is 4. The Bertz CT molecular complexity index is 456. The Morgan fingerprint density at radius 3 is 2.67 bits per heavy atom. The highest BCUT2D eigenvalue weighted by molar-refractivity contribution is 9.10. The van der Waals surface area contributed by atoms with Crippen LogP contribution < -0.4 is 5.73 Å². The van der Waals surface area contributed by atoms with Crippen molar-refractivity contribution in [2.45, 2.75) is 19.1 Å². The summed E-state index contributed by atoms with van der Waals surface area (Å²) in [5.41, 5.74) is 4.67. The number of hydrogen-bond acceptors (Lipinski definition) is 3. The van der Waals surface area contributed by atoms with Gasteiger partial charge in [-0.3, -0.25) is 0 Å². The molecule has 0 aliphatic rings. The summed E-state index contributed by atoms with van der Waals surface area (Å²) in [6.07, 6.45) is -2.33. The van der Waals surface area contributed by atoms with Gasteiger partial charge in [0.1, 0.15) is 11.6 Å². The van der Waals surface area contributed by atoms with Crippen LogP contribution in [-0.2, 0) is 9.53 Å². The maximum absolute atomic E-state index is 13.6. The van der Waals surface area contributed by atoms with Gasteiger partial charge in [0, 0.05) is 5.56 Å². The van der Waals surface area contributed by atoms with E-state index in [4.69, 9.17) is 5.73 Å². The van der Waals surface area contributed by atoms with Crippen molar-refractivity contribution in [1.82, 2.24) is 0 Å². The minimum Gasteiger partial charge on any atom is -0.464 e. The smallest absolute Gasteiger partial charge is 0.342 e. The summed E-state index contributed by atoms with van der Waals surface area (Å²) in [4.78, 5) is 11.1. The quantitative estimate of drug-likeness (QED) is 0.684. The van der Waals surface area contributed by atoms with E-state index >= 15 is 0 Å². The molecule has 7 heteroatoms. The number of carbonyl (C=O) groups is 1. The number of hydrogen-bond donors (Lipinski definition) is 1. The van der Waals surface area contributed by atoms with Crippen LogP contribution in [0.25, 0.3) is 0 Å². The number of esters is 1. The van der Waals surface area contributed by atoms with Crippen molar-refractivity contribution >= 4 is 21.9 Å². The SMILES string of the molecule is CCOC(=O)C(F)[C@H](N)c1c(F)ccc(Br)c1F. The molecule has 100 valence electrons. The third-order valence-electron chi connectivity index (χ3n) is 2.24. The zero-order valence-corrected chi connectivity index (χ0v) is 11.0. The van der Waals surface area contributed by atoms with Gasteiger partial charge in [0.05, 0.1) is 17.1 Å². The van der Waals surface area contributed by atoms with Gasteiger partial charge in [-0.25, -0.2) is 18.0 Å². The first-order valence-corrected chi connectivity index (χ1v) is 5.89. The topological polar surface area (TPSA) is 52.3 Å². The fraction of sp³-hybridized carbons (Fsp3) is 0.364. The van der Waals surface area contributed by atoms with Crippen molar-refractivity contribution in [3.63, 3.8) is 0 Å². The molecule has 1 unspecified atom stereocenters. The summed E-state index contributed by atoms with van der Waals surface area (Å²) in [5, 5.41) is 0. The molecular formula is C11H11BrF3NO2. The minimum absolute atomic E-state index is 0.0462. The molecule has 0 aromatic heterocycles. The maximum atomic E-state index is 13.6. The fourth-order valence-electron chi connectivity index (χ4n) is 1.36. The molecule has 0 spiro atoms. The molecular weight excluding hydrogens is 315 g/mol. The largest absolute Gasteiger partial charge is 0.464 e. The van der Waals surface area contributed by atoms with Crippen molar-refractivity contribution in [2.24, 2.45) is 5.73 Å². The number of benzene rings is 1. The number of carbonyl (C=O) groups excluding carboxylic acids is 1. The van der Waals surface area contributed by atoms with E-state index in [9.17, 15) is 18.0 Å². The third kappa shape index (κ3) is 3.02. The second-order valence-corrected chi connectivity index (χ2v) is 4.29. The minimum atomic E-state index is -2.33. The van der Waals surface area contributed by atoms with Crippen LogP contribution in [0.4, 0.5) is 13.2 Å². The predicted molar refractivity (Wildman–Crippen MR) is 62.5 cm³/mol. The van der Waals surface area contributed by atoms with E-state index in [0.717, 1.165) is 12.1 Å². The van der Waals surface area contributed by atoms with Crippen LogP contribution in [0.2, 0.25) is 0 Å². The highest BCUT2D eigenvalue weighted by Gasteiger charge is 2.32. The van der Waals surface area contributed by atoms with Crippen LogP contribution in [0.5, 0.6) is 0 Å². The Kier molecular flexibility index (Phi) is 5.15. The van der Waals surface area contributed by atoms with Gasteiger partial charge in [-0.2, -0.15) is 0 Å². The molecule has 1 aromatic rings. The lowest BCUT2D eigenvalue weighted by atomic mass is 10.0. The molecule has 2 N–H and O–H groups in total. The van der Waals surface area contributed by atoms with E-state index < -0.39 is 35.4 Å². The molecule has 1 aromatic carbocycles. The van der Waals surface area contributed by atoms with Gasteiger partial charge < -0.3 is 10.5 Å². The molecule has 0 fully saturated rings. The Balaban J connectivity index is 3.07. The first-order valence-electron chi connectivity index (χ1n) is 5.09. The van der Waals surface area contributed by atoms with Crippen LogP contribution >= 0.6 is 15.9 Å². The number of halogens is 4. The Labute approximate surface area is 110 Å². The normalized spacial score (nSPS) is 14.1. The van der Waals surface area contributed by atoms with E-state index in [1.165, 1.54) is 6.92 Å². The van der Waals surface area contributed by atoms with Crippen LogP contribution in [-0.4, -0.2) is 18.7 Å². The van der Waals surface area contributed by atoms with Crippen LogP contribution in [0.1, 0.15) is 18.5 Å². The lowest BCUT2D eigenvalue weighted by Gasteiger charge is -2.17. The lowest BCUT2D eigenvalue weighted by molar-refractivity contribution is -0.150. The van der Waals surface area contributed by atoms with Gasteiger partial charge in [-0.1, -0.05) is 0 Å². The average Bonchev–Trinajstić information content (AvgIpc) is 2.33. The van der Waals surface area contributed by atoms with E-state index in [1.54, 1.807) is 0 Å². The standard InChI is InChI=1S/C11H11BrF3NO2/c1-2-18-11(17)9(15)10(16)7-6(13)4-3-5(12)8(7)14/h3-4,9-10H,2,16H2,1H3/t9?,10-/m1/s1. The lowest BCUT2D eigenvalue weighted by Crippen LogP contribution is -2.33. The summed E-state index contributed by atoms with van der Waals surface area (Å²) >= 11 is 2.83. The van der Waals surface area contributed by atoms with Crippen LogP contribution in [0.15, 0.2) is 16.6 Å². The van der Waals surface area contributed by atoms with E-state index in [0.29, 0.717) is 0 Å². The van der Waals surface area contributed by atoms with Crippen molar-refractivity contribution < 1.29 is 22.7 Å². The first-order chi connectivity index (χ1) is 8.40. The third-order valence-corrected chi connectivity index (χ3v) is 2.85. The molecule has 0 radical (unpaired) electrons. The Hall–Kier alpha value is -1.08. The van der Waals surface area contributed by atoms with E-state index in [1.807, 2.05) is 0 Å². The molecule has 0 heterocycles. The summed E-state index contributed by atoms with van der Waals surface area (Å²) in [6, 6.07) is 0.292. The zero-order valence-electron chi connectivity index (χ0n) is 9.42. The molecule has 0 amide bonds. The van der Waals surface area contributed by atoms with Crippen LogP contribution in [0.3, 0.4) is 0 Å². The van der Waals surface area contributed by atoms with Gasteiger partial charge >= 0.3 is 5.97 Å². The molecule has 0 aliphatic heterocycles. The number of alkyl halides is 1. The number of nitrogens with two attached hydrogens (primary N) is 1. The van der Waals surface area contributed by atoms with Gasteiger partial charge in [-0.15, -0.1) is 0 Å². The molecule has 0 bridgehead atoms. The van der Waals surface area contributed by atoms with Crippen molar-refractivity contribution in [2.75, 3.05) is 6.61 Å². The summed E-state index contributed by atoms with van der Waals surface area (Å²) in [7, 11) is 0. The van der Waals surface area contributed by atoms with Gasteiger partial charge in [0.25, 0.3) is 0 Å². The molecule has 2 atom stereocenters. The van der Waals surface area contributed by atoms with E-state index in [2.05, 4.69) is 20.7 Å². The van der Waals surface area contributed by atoms with Gasteiger partial charge in [0.15, 0.2) is 0 Å². The van der Waals surface area contributed by atoms with Crippen LogP contribution in [0, 0.1) is 11.6 Å². The summed E-state index contributed by atoms with van der Waals surface area (Å²) in [5.74, 6) is -3.30. The fourth-order valence-corrected chi connectivity index (χ4v) is 1.71. The molecule has 1 rings (SSSR count). The molecule has 3 nitrogen and oxygen atoms in total. The second-order valence-electron chi connectivity index (χ2n) is 3.44. The highest BCUT2D eigenvalue weighted by Crippen LogP contribution is 2.28. The zero-order chi connectivity index (χ0) is 13.9. The molecule has 0 saturated carbocycles. The average molecular weight is 326 g/mol. The highest BCUT2D eigenvalue weighted by atomic mass is 79.9. The Morgan fingerprint density at radius 1 is 1.50 bits per heavy atom. The number of ether oxygens (including phenoxy) is 1. The predicted octanol–water partition coefficient (Wildman–Crippen LogP) is 2.63. The second kappa shape index (κ2) is 6.19. The van der Waals surface area contributed by atoms with Gasteiger partial charge in [-0.05, 0) is 35.0 Å². The van der Waals surface area contributed by atoms with Gasteiger partial charge in [0.2, 0.25) is 6.17 Å². The van der Waals surface area contributed by atoms with Crippen molar-refractivity contribution in [1.29, 1.82) is 0 Å². The molecule has 18 heavy (non-hydrogen) atoms. The summed E-state index contributed by atoms with van der Waals surface area (Å²) in [6.45, 7) is 1.44. The Morgan fingerprint density at radius 2 is 2.11 bits per heavy atom. The van der Waals surface area contributed by atoms with E-state index in [-0.39, 0.29) is 11.1 Å². The monoisotopic (exact) mass is 325 g/mol. The van der Waals surface area contributed by atoms with Crippen molar-refractivity contribution in [3.05, 3.63) is 33.8 Å². The first kappa shape index (κ1) is 15.0. The maximum Gasteiger partial charge on any atom is 0.342 e. The van der Waals surface area contributed by atoms with Crippen molar-refractivity contribution in [3.8, 4) is 0 Å².